The van der Waals surface area contributed by atoms with Gasteiger partial charge >= 0.3 is 0 Å². The van der Waals surface area contributed by atoms with E-state index in [0.717, 1.165) is 11.3 Å². The van der Waals surface area contributed by atoms with E-state index in [-0.39, 0.29) is 23.9 Å². The van der Waals surface area contributed by atoms with Crippen LogP contribution in [-0.2, 0) is 0 Å². The molecule has 1 aliphatic heterocycles. The molecule has 1 aliphatic rings. The van der Waals surface area contributed by atoms with E-state index in [0.29, 0.717) is 16.3 Å². The van der Waals surface area contributed by atoms with Crippen LogP contribution in [0.3, 0.4) is 0 Å². The van der Waals surface area contributed by atoms with Gasteiger partial charge in [-0.15, -0.1) is 11.3 Å². The van der Waals surface area contributed by atoms with Crippen LogP contribution in [0.4, 0.5) is 5.69 Å². The number of phenolic OH excluding ortho intramolecular Hbond substituents is 1. The van der Waals surface area contributed by atoms with Crippen LogP contribution in [0.25, 0.3) is 16.8 Å². The number of nitrogens with one attached hydrogen (secondary N) is 1. The number of aryl methyl sites for hydroxylation is 1. The number of para-hydroxylation sites is 2. The molecule has 2 aromatic carbocycles. The zero-order valence-corrected chi connectivity index (χ0v) is 14.9. The smallest absolute Gasteiger partial charge is 0.139 e. The van der Waals surface area contributed by atoms with Gasteiger partial charge in [-0.25, -0.2) is 4.98 Å². The predicted molar refractivity (Wildman–Crippen MR) is 105 cm³/mol. The first-order chi connectivity index (χ1) is 12.5. The van der Waals surface area contributed by atoms with Crippen LogP contribution < -0.4 is 4.90 Å². The number of nitrogens with zero attached hydrogens (tertiary/aromatic N) is 2. The fourth-order valence-corrected chi connectivity index (χ4v) is 3.84. The van der Waals surface area contributed by atoms with E-state index in [1.54, 1.807) is 29.2 Å². The highest BCUT2D eigenvalue weighted by atomic mass is 32.1. The van der Waals surface area contributed by atoms with Gasteiger partial charge in [0.1, 0.15) is 22.4 Å². The summed E-state index contributed by atoms with van der Waals surface area (Å²) < 4.78 is 0. The standard InChI is InChI=1S/C20H17N3O2S/c1-12-6-8-13(9-7-12)14-11-26-20(22-14)18-17(25)10-23(19(18)21)15-4-2-3-5-16(15)24/h2-9,11,21,24-25H,10H2,1H3. The summed E-state index contributed by atoms with van der Waals surface area (Å²) in [6.07, 6.45) is 0. The second kappa shape index (κ2) is 6.31. The first-order valence-corrected chi connectivity index (χ1v) is 9.02. The lowest BCUT2D eigenvalue weighted by Gasteiger charge is -2.19. The van der Waals surface area contributed by atoms with Gasteiger partial charge in [0.05, 0.1) is 23.5 Å². The van der Waals surface area contributed by atoms with Crippen LogP contribution >= 0.6 is 11.3 Å². The molecule has 6 heteroatoms. The number of phenols is 1. The fraction of sp³-hybridized carbons (Fsp3) is 0.100. The van der Waals surface area contributed by atoms with Gasteiger partial charge in [0.15, 0.2) is 0 Å². The molecule has 0 saturated carbocycles. The molecule has 0 aliphatic carbocycles. The average Bonchev–Trinajstić information content (AvgIpc) is 3.21. The van der Waals surface area contributed by atoms with E-state index in [1.165, 1.54) is 16.9 Å². The van der Waals surface area contributed by atoms with Gasteiger partial charge in [0, 0.05) is 10.9 Å². The number of aliphatic hydroxyl groups excluding tert-OH is 1. The second-order valence-corrected chi connectivity index (χ2v) is 7.01. The molecule has 0 radical (unpaired) electrons. The van der Waals surface area contributed by atoms with Crippen molar-refractivity contribution in [2.45, 2.75) is 6.92 Å². The summed E-state index contributed by atoms with van der Waals surface area (Å²) >= 11 is 1.40. The first-order valence-electron chi connectivity index (χ1n) is 8.14. The van der Waals surface area contributed by atoms with Crippen LogP contribution in [0.5, 0.6) is 5.75 Å². The van der Waals surface area contributed by atoms with E-state index in [4.69, 9.17) is 5.41 Å². The maximum atomic E-state index is 10.4. The molecule has 3 N–H and O–H groups in total. The molecule has 2 heterocycles. The number of hydrogen-bond donors (Lipinski definition) is 3. The molecule has 0 saturated heterocycles. The van der Waals surface area contributed by atoms with E-state index in [2.05, 4.69) is 4.98 Å². The Morgan fingerprint density at radius 3 is 2.54 bits per heavy atom. The lowest BCUT2D eigenvalue weighted by atomic mass is 10.1. The molecule has 0 fully saturated rings. The summed E-state index contributed by atoms with van der Waals surface area (Å²) in [5, 5.41) is 31.5. The molecule has 130 valence electrons. The minimum Gasteiger partial charge on any atom is -0.510 e. The molecular weight excluding hydrogens is 346 g/mol. The monoisotopic (exact) mass is 363 g/mol. The highest BCUT2D eigenvalue weighted by Gasteiger charge is 2.32. The van der Waals surface area contributed by atoms with Crippen molar-refractivity contribution in [3.05, 3.63) is 70.2 Å². The van der Waals surface area contributed by atoms with E-state index in [1.807, 2.05) is 36.6 Å². The first kappa shape index (κ1) is 16.4. The number of hydrogen-bond acceptors (Lipinski definition) is 5. The molecule has 0 spiro atoms. The Kier molecular flexibility index (Phi) is 3.97. The SMILES string of the molecule is Cc1ccc(-c2csc(C3=C(O)CN(c4ccccc4O)C3=N)n2)cc1. The maximum Gasteiger partial charge on any atom is 0.139 e. The van der Waals surface area contributed by atoms with Gasteiger partial charge in [-0.3, -0.25) is 5.41 Å². The van der Waals surface area contributed by atoms with E-state index >= 15 is 0 Å². The normalized spacial score (nSPS) is 14.3. The van der Waals surface area contributed by atoms with Crippen molar-refractivity contribution in [1.29, 1.82) is 5.41 Å². The lowest BCUT2D eigenvalue weighted by Crippen LogP contribution is -2.26. The maximum absolute atomic E-state index is 10.4. The minimum absolute atomic E-state index is 0.0748. The molecule has 4 rings (SSSR count). The van der Waals surface area contributed by atoms with Crippen molar-refractivity contribution in [3.63, 3.8) is 0 Å². The summed E-state index contributed by atoms with van der Waals surface area (Å²) in [7, 11) is 0. The lowest BCUT2D eigenvalue weighted by molar-refractivity contribution is 0.411. The number of rotatable bonds is 3. The van der Waals surface area contributed by atoms with Crippen molar-refractivity contribution < 1.29 is 10.2 Å². The number of aliphatic hydroxyl groups is 1. The largest absolute Gasteiger partial charge is 0.510 e. The molecule has 1 aromatic heterocycles. The Morgan fingerprint density at radius 2 is 1.81 bits per heavy atom. The Labute approximate surface area is 155 Å². The highest BCUT2D eigenvalue weighted by Crippen LogP contribution is 2.37. The molecule has 0 unspecified atom stereocenters. The second-order valence-electron chi connectivity index (χ2n) is 6.15. The number of amidine groups is 1. The predicted octanol–water partition coefficient (Wildman–Crippen LogP) is 4.59. The van der Waals surface area contributed by atoms with Gasteiger partial charge in [-0.1, -0.05) is 42.0 Å². The molecule has 3 aromatic rings. The van der Waals surface area contributed by atoms with Crippen molar-refractivity contribution >= 4 is 28.4 Å². The molecular formula is C20H17N3O2S. The Hall–Kier alpha value is -3.12. The van der Waals surface area contributed by atoms with Gasteiger partial charge < -0.3 is 15.1 Å². The zero-order valence-electron chi connectivity index (χ0n) is 14.1. The summed E-state index contributed by atoms with van der Waals surface area (Å²) in [5.74, 6) is 0.294. The molecule has 26 heavy (non-hydrogen) atoms. The van der Waals surface area contributed by atoms with E-state index < -0.39 is 0 Å². The highest BCUT2D eigenvalue weighted by molar-refractivity contribution is 7.11. The van der Waals surface area contributed by atoms with Gasteiger partial charge in [0.25, 0.3) is 0 Å². The third-order valence-electron chi connectivity index (χ3n) is 4.34. The fourth-order valence-electron chi connectivity index (χ4n) is 2.95. The van der Waals surface area contributed by atoms with Crippen molar-refractivity contribution in [2.24, 2.45) is 0 Å². The average molecular weight is 363 g/mol. The Morgan fingerprint density at radius 1 is 1.08 bits per heavy atom. The van der Waals surface area contributed by atoms with Crippen LogP contribution in [0, 0.1) is 12.3 Å². The number of aromatic nitrogens is 1. The third kappa shape index (κ3) is 2.74. The number of thiazole rings is 1. The molecule has 0 atom stereocenters. The van der Waals surface area contributed by atoms with Crippen molar-refractivity contribution in [3.8, 4) is 17.0 Å². The summed E-state index contributed by atoms with van der Waals surface area (Å²) in [5.41, 5.74) is 3.91. The topological polar surface area (TPSA) is 80.4 Å². The number of anilines is 1. The van der Waals surface area contributed by atoms with Gasteiger partial charge in [0.2, 0.25) is 0 Å². The van der Waals surface area contributed by atoms with Crippen LogP contribution in [-0.4, -0.2) is 27.6 Å². The number of aromatic hydroxyl groups is 1. The summed E-state index contributed by atoms with van der Waals surface area (Å²) in [6, 6.07) is 14.9. The number of benzene rings is 2. The molecule has 0 amide bonds. The quantitative estimate of drug-likeness (QED) is 0.636. The Bertz CT molecular complexity index is 1020. The van der Waals surface area contributed by atoms with E-state index in [9.17, 15) is 10.2 Å². The zero-order chi connectivity index (χ0) is 18.3. The van der Waals surface area contributed by atoms with Crippen molar-refractivity contribution in [2.75, 3.05) is 11.4 Å². The third-order valence-corrected chi connectivity index (χ3v) is 5.20. The van der Waals surface area contributed by atoms with Crippen molar-refractivity contribution in [1.82, 2.24) is 4.98 Å². The Balaban J connectivity index is 1.66. The van der Waals surface area contributed by atoms with Gasteiger partial charge in [-0.05, 0) is 19.1 Å². The van der Waals surface area contributed by atoms with Crippen LogP contribution in [0.1, 0.15) is 10.6 Å². The van der Waals surface area contributed by atoms with Crippen LogP contribution in [0.15, 0.2) is 59.7 Å². The van der Waals surface area contributed by atoms with Crippen LogP contribution in [0.2, 0.25) is 0 Å². The minimum atomic E-state index is 0.0748. The van der Waals surface area contributed by atoms with Gasteiger partial charge in [-0.2, -0.15) is 0 Å². The summed E-state index contributed by atoms with van der Waals surface area (Å²) in [6.45, 7) is 2.18. The summed E-state index contributed by atoms with van der Waals surface area (Å²) in [4.78, 5) is 6.19. The molecule has 5 nitrogen and oxygen atoms in total. The molecule has 0 bridgehead atoms.